The predicted octanol–water partition coefficient (Wildman–Crippen LogP) is 3.39. The number of amides is 1. The van der Waals surface area contributed by atoms with Crippen molar-refractivity contribution in [1.82, 2.24) is 9.88 Å². The smallest absolute Gasteiger partial charge is 0.431 e. The van der Waals surface area contributed by atoms with E-state index in [9.17, 15) is 24.6 Å². The zero-order valence-electron chi connectivity index (χ0n) is 20.3. The number of ether oxygens (including phenoxy) is 3. The number of hydrogen-bond acceptors (Lipinski definition) is 11. The van der Waals surface area contributed by atoms with Gasteiger partial charge in [-0.05, 0) is 44.1 Å². The highest BCUT2D eigenvalue weighted by Gasteiger charge is 2.60. The molecule has 0 aromatic carbocycles. The Bertz CT molecular complexity index is 1060. The maximum atomic E-state index is 13.2. The van der Waals surface area contributed by atoms with E-state index in [1.165, 1.54) is 34.9 Å². The summed E-state index contributed by atoms with van der Waals surface area (Å²) in [6.07, 6.45) is 2.17. The first kappa shape index (κ1) is 26.6. The lowest BCUT2D eigenvalue weighted by atomic mass is 9.79. The van der Waals surface area contributed by atoms with Crippen molar-refractivity contribution in [2.45, 2.75) is 77.6 Å². The minimum absolute atomic E-state index is 0.0790. The summed E-state index contributed by atoms with van der Waals surface area (Å²) in [7, 11) is 0. The molecule has 1 aromatic rings. The molecule has 1 saturated heterocycles. The van der Waals surface area contributed by atoms with Gasteiger partial charge in [-0.1, -0.05) is 18.7 Å². The third kappa shape index (κ3) is 5.31. The van der Waals surface area contributed by atoms with Crippen LogP contribution in [0.4, 0.5) is 4.79 Å². The van der Waals surface area contributed by atoms with E-state index in [0.29, 0.717) is 10.6 Å². The Morgan fingerprint density at radius 2 is 2.03 bits per heavy atom. The quantitative estimate of drug-likeness (QED) is 0.274. The van der Waals surface area contributed by atoms with Gasteiger partial charge in [0, 0.05) is 17.7 Å². The SMILES string of the molecule is CC(OC(=O)OC1CCCC1)OC(=O)C1=C(SC=Cc2scnc2CO)[C@H](C)[C@@H]2[C@@H]([C@@H](C)O)C(=O)N12. The molecule has 0 radical (unpaired) electrons. The molecule has 3 heterocycles. The van der Waals surface area contributed by atoms with Crippen LogP contribution >= 0.6 is 23.1 Å². The molecule has 36 heavy (non-hydrogen) atoms. The molecule has 1 unspecified atom stereocenters. The van der Waals surface area contributed by atoms with Gasteiger partial charge in [0.05, 0.1) is 40.8 Å². The number of aromatic nitrogens is 1. The van der Waals surface area contributed by atoms with Crippen molar-refractivity contribution < 1.29 is 38.8 Å². The number of hydrogen-bond donors (Lipinski definition) is 2. The number of thiazole rings is 1. The average Bonchev–Trinajstić information content (AvgIpc) is 3.53. The van der Waals surface area contributed by atoms with Crippen molar-refractivity contribution >= 4 is 47.2 Å². The Morgan fingerprint density at radius 1 is 1.31 bits per heavy atom. The first-order valence-electron chi connectivity index (χ1n) is 11.9. The van der Waals surface area contributed by atoms with Crippen LogP contribution in [-0.2, 0) is 30.4 Å². The number of thioether (sulfide) groups is 1. The Morgan fingerprint density at radius 3 is 2.69 bits per heavy atom. The normalized spacial score (nSPS) is 25.6. The van der Waals surface area contributed by atoms with E-state index in [0.717, 1.165) is 30.6 Å². The molecule has 0 bridgehead atoms. The zero-order valence-corrected chi connectivity index (χ0v) is 21.9. The average molecular weight is 539 g/mol. The van der Waals surface area contributed by atoms with Gasteiger partial charge in [-0.3, -0.25) is 4.79 Å². The van der Waals surface area contributed by atoms with E-state index < -0.39 is 30.4 Å². The number of carbonyl (C=O) groups excluding carboxylic acids is 3. The van der Waals surface area contributed by atoms with E-state index in [-0.39, 0.29) is 36.3 Å². The number of carbonyl (C=O) groups is 3. The number of aliphatic hydroxyl groups is 2. The summed E-state index contributed by atoms with van der Waals surface area (Å²) >= 11 is 2.63. The molecule has 0 spiro atoms. The highest BCUT2D eigenvalue weighted by atomic mass is 32.2. The van der Waals surface area contributed by atoms with Crippen LogP contribution in [0.15, 0.2) is 21.5 Å². The molecule has 5 atom stereocenters. The van der Waals surface area contributed by atoms with E-state index in [1.54, 1.807) is 23.9 Å². The number of esters is 1. The van der Waals surface area contributed by atoms with E-state index in [1.807, 2.05) is 6.92 Å². The molecular formula is C24H30N2O8S2. The van der Waals surface area contributed by atoms with Gasteiger partial charge in [-0.25, -0.2) is 14.6 Å². The summed E-state index contributed by atoms with van der Waals surface area (Å²) in [5.74, 6) is -2.01. The minimum atomic E-state index is -1.22. The van der Waals surface area contributed by atoms with Crippen molar-refractivity contribution in [1.29, 1.82) is 0 Å². The minimum Gasteiger partial charge on any atom is -0.431 e. The Kier molecular flexibility index (Phi) is 8.38. The van der Waals surface area contributed by atoms with Crippen LogP contribution in [0.1, 0.15) is 57.0 Å². The fourth-order valence-electron chi connectivity index (χ4n) is 4.91. The molecule has 2 aliphatic heterocycles. The van der Waals surface area contributed by atoms with Crippen LogP contribution in [0.5, 0.6) is 0 Å². The van der Waals surface area contributed by atoms with Gasteiger partial charge in [-0.15, -0.1) is 11.3 Å². The second-order valence-electron chi connectivity index (χ2n) is 9.07. The number of fused-ring (bicyclic) bond motifs is 1. The maximum Gasteiger partial charge on any atom is 0.511 e. The summed E-state index contributed by atoms with van der Waals surface area (Å²) in [6, 6.07) is -0.379. The number of rotatable bonds is 9. The predicted molar refractivity (Wildman–Crippen MR) is 132 cm³/mol. The Hall–Kier alpha value is -2.41. The van der Waals surface area contributed by atoms with Gasteiger partial charge in [0.2, 0.25) is 12.2 Å². The summed E-state index contributed by atoms with van der Waals surface area (Å²) in [5.41, 5.74) is 2.26. The van der Waals surface area contributed by atoms with Gasteiger partial charge in [0.25, 0.3) is 0 Å². The summed E-state index contributed by atoms with van der Waals surface area (Å²) in [4.78, 5) is 45.0. The fourth-order valence-corrected chi connectivity index (χ4v) is 6.68. The van der Waals surface area contributed by atoms with Gasteiger partial charge < -0.3 is 29.3 Å². The third-order valence-electron chi connectivity index (χ3n) is 6.64. The second kappa shape index (κ2) is 11.3. The molecule has 12 heteroatoms. The number of nitrogens with zero attached hydrogens (tertiary/aromatic N) is 2. The van der Waals surface area contributed by atoms with Gasteiger partial charge in [0.15, 0.2) is 0 Å². The molecular weight excluding hydrogens is 508 g/mol. The molecule has 2 N–H and O–H groups in total. The molecule has 1 saturated carbocycles. The molecule has 3 aliphatic rings. The largest absolute Gasteiger partial charge is 0.511 e. The van der Waals surface area contributed by atoms with Crippen LogP contribution < -0.4 is 0 Å². The lowest BCUT2D eigenvalue weighted by Gasteiger charge is -2.46. The molecule has 4 rings (SSSR count). The summed E-state index contributed by atoms with van der Waals surface area (Å²) in [6.45, 7) is 4.67. The Balaban J connectivity index is 1.49. The standard InChI is InChI=1S/C24H30N2O8S2/c1-12-19-18(13(2)28)22(29)26(19)20(21(12)35-9-8-17-16(10-27)25-11-36-17)23(30)32-14(3)33-24(31)34-15-6-4-5-7-15/h8-9,11-15,18-19,27-28H,4-7,10H2,1-3H3/t12-,13-,14?,18-,19-/m1/s1. The molecule has 1 amide bonds. The van der Waals surface area contributed by atoms with Crippen molar-refractivity contribution in [2.24, 2.45) is 11.8 Å². The van der Waals surface area contributed by atoms with Crippen molar-refractivity contribution in [3.8, 4) is 0 Å². The second-order valence-corrected chi connectivity index (χ2v) is 10.9. The van der Waals surface area contributed by atoms with Crippen LogP contribution in [0.25, 0.3) is 6.08 Å². The maximum absolute atomic E-state index is 13.2. The highest BCUT2D eigenvalue weighted by molar-refractivity contribution is 8.06. The van der Waals surface area contributed by atoms with Crippen LogP contribution in [0.2, 0.25) is 0 Å². The zero-order chi connectivity index (χ0) is 26.0. The molecule has 1 aromatic heterocycles. The van der Waals surface area contributed by atoms with Crippen LogP contribution in [0.3, 0.4) is 0 Å². The monoisotopic (exact) mass is 538 g/mol. The van der Waals surface area contributed by atoms with Gasteiger partial charge in [0.1, 0.15) is 11.8 Å². The molecule has 196 valence electrons. The van der Waals surface area contributed by atoms with Crippen LogP contribution in [0, 0.1) is 11.8 Å². The molecule has 10 nitrogen and oxygen atoms in total. The van der Waals surface area contributed by atoms with E-state index in [2.05, 4.69) is 4.98 Å². The summed E-state index contributed by atoms with van der Waals surface area (Å²) < 4.78 is 15.7. The Labute approximate surface area is 217 Å². The number of β-lactam (4-membered cyclic amide) rings is 1. The first-order valence-corrected chi connectivity index (χ1v) is 13.7. The highest BCUT2D eigenvalue weighted by Crippen LogP contribution is 2.51. The summed E-state index contributed by atoms with van der Waals surface area (Å²) in [5, 5.41) is 21.3. The van der Waals surface area contributed by atoms with Crippen molar-refractivity contribution in [3.05, 3.63) is 32.1 Å². The number of aliphatic hydroxyl groups excluding tert-OH is 2. The fraction of sp³-hybridized carbons (Fsp3) is 0.583. The molecule has 1 aliphatic carbocycles. The van der Waals surface area contributed by atoms with E-state index >= 15 is 0 Å². The van der Waals surface area contributed by atoms with Crippen LogP contribution in [-0.4, -0.2) is 62.7 Å². The van der Waals surface area contributed by atoms with Gasteiger partial charge in [-0.2, -0.15) is 0 Å². The van der Waals surface area contributed by atoms with E-state index in [4.69, 9.17) is 14.2 Å². The van der Waals surface area contributed by atoms with Crippen molar-refractivity contribution in [2.75, 3.05) is 0 Å². The lowest BCUT2D eigenvalue weighted by Crippen LogP contribution is -2.63. The third-order valence-corrected chi connectivity index (χ3v) is 8.57. The topological polar surface area (TPSA) is 135 Å². The van der Waals surface area contributed by atoms with Crippen molar-refractivity contribution in [3.63, 3.8) is 0 Å². The van der Waals surface area contributed by atoms with Gasteiger partial charge >= 0.3 is 12.1 Å². The lowest BCUT2D eigenvalue weighted by molar-refractivity contribution is -0.174. The first-order chi connectivity index (χ1) is 17.2. The molecule has 2 fully saturated rings.